The number of carbonyl (C=O) groups is 1. The van der Waals surface area contributed by atoms with Crippen LogP contribution in [0.3, 0.4) is 0 Å². The van der Waals surface area contributed by atoms with Crippen molar-refractivity contribution in [3.05, 3.63) is 0 Å². The number of carboxylic acid groups (broad SMARTS) is 1. The predicted molar refractivity (Wildman–Crippen MR) is 59.3 cm³/mol. The Morgan fingerprint density at radius 2 is 1.86 bits per heavy atom. The number of aliphatic carboxylic acids is 1. The summed E-state index contributed by atoms with van der Waals surface area (Å²) in [6, 6.07) is 0. The van der Waals surface area contributed by atoms with Gasteiger partial charge in [-0.05, 0) is 11.8 Å². The molecule has 0 aliphatic rings. The summed E-state index contributed by atoms with van der Waals surface area (Å²) in [5.41, 5.74) is 0. The van der Waals surface area contributed by atoms with Crippen LogP contribution in [0, 0.1) is 17.8 Å². The fraction of sp³-hybridized carbons (Fsp3) is 0.917. The lowest BCUT2D eigenvalue weighted by Gasteiger charge is -2.25. The maximum atomic E-state index is 10.8. The third kappa shape index (κ3) is 4.12. The van der Waals surface area contributed by atoms with E-state index in [2.05, 4.69) is 20.8 Å². The maximum Gasteiger partial charge on any atom is 0.306 e. The quantitative estimate of drug-likeness (QED) is 0.682. The van der Waals surface area contributed by atoms with Crippen LogP contribution in [0.25, 0.3) is 0 Å². The first-order valence-corrected chi connectivity index (χ1v) is 5.77. The van der Waals surface area contributed by atoms with E-state index in [4.69, 9.17) is 5.11 Å². The molecule has 3 unspecified atom stereocenters. The van der Waals surface area contributed by atoms with E-state index in [0.29, 0.717) is 11.8 Å². The fourth-order valence-electron chi connectivity index (χ4n) is 1.94. The first-order valence-electron chi connectivity index (χ1n) is 5.77. The first-order chi connectivity index (χ1) is 6.54. The largest absolute Gasteiger partial charge is 0.481 e. The van der Waals surface area contributed by atoms with Gasteiger partial charge in [-0.3, -0.25) is 4.79 Å². The standard InChI is InChI=1S/C12H24O2/c1-5-7-8-11(6-2)9(3)10(4)12(13)14/h9-11H,5-8H2,1-4H3,(H,13,14). The van der Waals surface area contributed by atoms with E-state index in [-0.39, 0.29) is 5.92 Å². The minimum atomic E-state index is -0.660. The van der Waals surface area contributed by atoms with Gasteiger partial charge < -0.3 is 5.11 Å². The van der Waals surface area contributed by atoms with Gasteiger partial charge in [0.15, 0.2) is 0 Å². The molecule has 0 aliphatic carbocycles. The van der Waals surface area contributed by atoms with Crippen molar-refractivity contribution in [1.29, 1.82) is 0 Å². The zero-order chi connectivity index (χ0) is 11.1. The molecule has 0 aliphatic heterocycles. The minimum absolute atomic E-state index is 0.211. The van der Waals surface area contributed by atoms with E-state index in [1.807, 2.05) is 6.92 Å². The van der Waals surface area contributed by atoms with Crippen molar-refractivity contribution in [2.45, 2.75) is 53.4 Å². The summed E-state index contributed by atoms with van der Waals surface area (Å²) in [5, 5.41) is 8.92. The second-order valence-corrected chi connectivity index (χ2v) is 4.30. The van der Waals surface area contributed by atoms with Crippen LogP contribution in [0.5, 0.6) is 0 Å². The molecule has 0 aromatic carbocycles. The Balaban J connectivity index is 4.14. The van der Waals surface area contributed by atoms with E-state index in [1.165, 1.54) is 19.3 Å². The highest BCUT2D eigenvalue weighted by atomic mass is 16.4. The van der Waals surface area contributed by atoms with Crippen molar-refractivity contribution in [3.63, 3.8) is 0 Å². The molecule has 0 rings (SSSR count). The molecule has 0 amide bonds. The highest BCUT2D eigenvalue weighted by molar-refractivity contribution is 5.69. The maximum absolute atomic E-state index is 10.8. The molecule has 0 aromatic rings. The molecule has 14 heavy (non-hydrogen) atoms. The predicted octanol–water partition coefficient (Wildman–Crippen LogP) is 3.56. The summed E-state index contributed by atoms with van der Waals surface area (Å²) in [7, 11) is 0. The van der Waals surface area contributed by atoms with E-state index in [9.17, 15) is 4.79 Å². The molecule has 0 heterocycles. The van der Waals surface area contributed by atoms with Gasteiger partial charge >= 0.3 is 5.97 Å². The van der Waals surface area contributed by atoms with Gasteiger partial charge in [0.05, 0.1) is 5.92 Å². The third-order valence-corrected chi connectivity index (χ3v) is 3.37. The topological polar surface area (TPSA) is 37.3 Å². The van der Waals surface area contributed by atoms with Gasteiger partial charge in [-0.2, -0.15) is 0 Å². The molecular formula is C12H24O2. The average Bonchev–Trinajstić information content (AvgIpc) is 2.17. The number of unbranched alkanes of at least 4 members (excludes halogenated alkanes) is 1. The van der Waals surface area contributed by atoms with Gasteiger partial charge in [-0.15, -0.1) is 0 Å². The van der Waals surface area contributed by atoms with Crippen LogP contribution in [0.15, 0.2) is 0 Å². The highest BCUT2D eigenvalue weighted by Crippen LogP contribution is 2.28. The lowest BCUT2D eigenvalue weighted by molar-refractivity contribution is -0.143. The van der Waals surface area contributed by atoms with Crippen molar-refractivity contribution < 1.29 is 9.90 Å². The van der Waals surface area contributed by atoms with Crippen LogP contribution in [0.1, 0.15) is 53.4 Å². The van der Waals surface area contributed by atoms with Crippen LogP contribution in [0.4, 0.5) is 0 Å². The fourth-order valence-corrected chi connectivity index (χ4v) is 1.94. The molecule has 0 bridgehead atoms. The lowest BCUT2D eigenvalue weighted by Crippen LogP contribution is -2.24. The molecule has 0 saturated carbocycles. The minimum Gasteiger partial charge on any atom is -0.481 e. The highest BCUT2D eigenvalue weighted by Gasteiger charge is 2.25. The molecule has 84 valence electrons. The molecule has 2 nitrogen and oxygen atoms in total. The smallest absolute Gasteiger partial charge is 0.306 e. The second kappa shape index (κ2) is 6.86. The van der Waals surface area contributed by atoms with Crippen molar-refractivity contribution in [2.75, 3.05) is 0 Å². The van der Waals surface area contributed by atoms with Crippen LogP contribution in [-0.2, 0) is 4.79 Å². The molecular weight excluding hydrogens is 176 g/mol. The summed E-state index contributed by atoms with van der Waals surface area (Å²) >= 11 is 0. The van der Waals surface area contributed by atoms with Gasteiger partial charge in [-0.1, -0.05) is 53.4 Å². The summed E-state index contributed by atoms with van der Waals surface area (Å²) in [6.07, 6.45) is 4.68. The number of hydrogen-bond donors (Lipinski definition) is 1. The normalized spacial score (nSPS) is 17.4. The molecule has 3 atom stereocenters. The molecule has 0 saturated heterocycles. The summed E-state index contributed by atoms with van der Waals surface area (Å²) in [4.78, 5) is 10.8. The second-order valence-electron chi connectivity index (χ2n) is 4.30. The monoisotopic (exact) mass is 200 g/mol. The van der Waals surface area contributed by atoms with Crippen LogP contribution in [0.2, 0.25) is 0 Å². The Bertz CT molecular complexity index is 166. The van der Waals surface area contributed by atoms with Gasteiger partial charge in [0.2, 0.25) is 0 Å². The van der Waals surface area contributed by atoms with E-state index < -0.39 is 5.97 Å². The third-order valence-electron chi connectivity index (χ3n) is 3.37. The number of hydrogen-bond acceptors (Lipinski definition) is 1. The lowest BCUT2D eigenvalue weighted by atomic mass is 9.80. The summed E-state index contributed by atoms with van der Waals surface area (Å²) in [6.45, 7) is 8.23. The Morgan fingerprint density at radius 1 is 1.29 bits per heavy atom. The molecule has 0 aromatic heterocycles. The molecule has 0 radical (unpaired) electrons. The zero-order valence-corrected chi connectivity index (χ0v) is 9.92. The SMILES string of the molecule is CCCCC(CC)C(C)C(C)C(=O)O. The van der Waals surface area contributed by atoms with Gasteiger partial charge in [0.25, 0.3) is 0 Å². The van der Waals surface area contributed by atoms with Crippen LogP contribution >= 0.6 is 0 Å². The van der Waals surface area contributed by atoms with Crippen LogP contribution < -0.4 is 0 Å². The Kier molecular flexibility index (Phi) is 6.60. The van der Waals surface area contributed by atoms with Crippen LogP contribution in [-0.4, -0.2) is 11.1 Å². The molecule has 2 heteroatoms. The van der Waals surface area contributed by atoms with E-state index in [0.717, 1.165) is 6.42 Å². The van der Waals surface area contributed by atoms with E-state index in [1.54, 1.807) is 0 Å². The molecule has 0 spiro atoms. The van der Waals surface area contributed by atoms with Crippen molar-refractivity contribution in [1.82, 2.24) is 0 Å². The van der Waals surface area contributed by atoms with Gasteiger partial charge in [-0.25, -0.2) is 0 Å². The van der Waals surface area contributed by atoms with E-state index >= 15 is 0 Å². The summed E-state index contributed by atoms with van der Waals surface area (Å²) in [5.74, 6) is -0.00523. The molecule has 1 N–H and O–H groups in total. The van der Waals surface area contributed by atoms with Crippen molar-refractivity contribution in [2.24, 2.45) is 17.8 Å². The summed E-state index contributed by atoms with van der Waals surface area (Å²) < 4.78 is 0. The number of carboxylic acids is 1. The first kappa shape index (κ1) is 13.5. The Labute approximate surface area is 87.7 Å². The zero-order valence-electron chi connectivity index (χ0n) is 9.92. The van der Waals surface area contributed by atoms with Crippen molar-refractivity contribution in [3.8, 4) is 0 Å². The Hall–Kier alpha value is -0.530. The van der Waals surface area contributed by atoms with Gasteiger partial charge in [0, 0.05) is 0 Å². The number of rotatable bonds is 7. The van der Waals surface area contributed by atoms with Gasteiger partial charge in [0.1, 0.15) is 0 Å². The van der Waals surface area contributed by atoms with Crippen molar-refractivity contribution >= 4 is 5.97 Å². The Morgan fingerprint density at radius 3 is 2.21 bits per heavy atom. The average molecular weight is 200 g/mol. The molecule has 0 fully saturated rings.